The van der Waals surface area contributed by atoms with Gasteiger partial charge in [-0.25, -0.2) is 0 Å². The van der Waals surface area contributed by atoms with Gasteiger partial charge in [0.05, 0.1) is 0 Å². The Bertz CT molecular complexity index is 603. The summed E-state index contributed by atoms with van der Waals surface area (Å²) in [5, 5.41) is 2.43. The molecule has 4 heteroatoms. The highest BCUT2D eigenvalue weighted by molar-refractivity contribution is 7.51. The SMILES string of the molecule is CC(CCCP(=O)(O)O)c1ccc2ccccc2c1. The van der Waals surface area contributed by atoms with E-state index < -0.39 is 7.60 Å². The molecule has 0 radical (unpaired) electrons. The van der Waals surface area contributed by atoms with Gasteiger partial charge < -0.3 is 9.79 Å². The molecule has 0 amide bonds. The van der Waals surface area contributed by atoms with Gasteiger partial charge in [0.25, 0.3) is 0 Å². The smallest absolute Gasteiger partial charge is 0.324 e. The molecule has 3 nitrogen and oxygen atoms in total. The molecule has 1 unspecified atom stereocenters. The van der Waals surface area contributed by atoms with Crippen LogP contribution >= 0.6 is 7.60 Å². The van der Waals surface area contributed by atoms with Gasteiger partial charge >= 0.3 is 7.60 Å². The molecule has 0 saturated carbocycles. The van der Waals surface area contributed by atoms with Gasteiger partial charge in [-0.15, -0.1) is 0 Å². The van der Waals surface area contributed by atoms with Gasteiger partial charge in [0.2, 0.25) is 0 Å². The van der Waals surface area contributed by atoms with E-state index in [1.54, 1.807) is 0 Å². The fourth-order valence-corrected chi connectivity index (χ4v) is 2.88. The third-order valence-electron chi connectivity index (χ3n) is 3.43. The molecule has 2 rings (SSSR count). The Kier molecular flexibility index (Phi) is 4.41. The van der Waals surface area contributed by atoms with E-state index >= 15 is 0 Å². The summed E-state index contributed by atoms with van der Waals surface area (Å²) in [6.45, 7) is 2.10. The topological polar surface area (TPSA) is 57.5 Å². The summed E-state index contributed by atoms with van der Waals surface area (Å²) >= 11 is 0. The van der Waals surface area contributed by atoms with Gasteiger partial charge in [0.1, 0.15) is 0 Å². The lowest BCUT2D eigenvalue weighted by atomic mass is 9.94. The molecule has 0 aliphatic rings. The highest BCUT2D eigenvalue weighted by Crippen LogP contribution is 2.36. The monoisotopic (exact) mass is 278 g/mol. The Hall–Kier alpha value is -1.15. The third kappa shape index (κ3) is 4.17. The van der Waals surface area contributed by atoms with E-state index in [0.29, 0.717) is 12.3 Å². The molecule has 102 valence electrons. The van der Waals surface area contributed by atoms with E-state index in [2.05, 4.69) is 37.3 Å². The van der Waals surface area contributed by atoms with Crippen LogP contribution in [0.25, 0.3) is 10.8 Å². The van der Waals surface area contributed by atoms with Crippen LogP contribution in [0.5, 0.6) is 0 Å². The second-order valence-electron chi connectivity index (χ2n) is 5.04. The van der Waals surface area contributed by atoms with Gasteiger partial charge in [0, 0.05) is 6.16 Å². The largest absolute Gasteiger partial charge is 0.325 e. The minimum Gasteiger partial charge on any atom is -0.324 e. The Morgan fingerprint density at radius 1 is 1.11 bits per heavy atom. The first-order valence-corrected chi connectivity index (χ1v) is 8.29. The molecule has 0 aliphatic carbocycles. The van der Waals surface area contributed by atoms with Crippen molar-refractivity contribution in [3.8, 4) is 0 Å². The highest BCUT2D eigenvalue weighted by Gasteiger charge is 2.14. The van der Waals surface area contributed by atoms with Crippen molar-refractivity contribution in [1.82, 2.24) is 0 Å². The molecule has 0 bridgehead atoms. The third-order valence-corrected chi connectivity index (χ3v) is 4.33. The van der Waals surface area contributed by atoms with E-state index in [-0.39, 0.29) is 6.16 Å². The van der Waals surface area contributed by atoms with Gasteiger partial charge in [-0.2, -0.15) is 0 Å². The van der Waals surface area contributed by atoms with E-state index in [4.69, 9.17) is 9.79 Å². The molecular formula is C15H19O3P. The number of fused-ring (bicyclic) bond motifs is 1. The van der Waals surface area contributed by atoms with Crippen molar-refractivity contribution >= 4 is 18.4 Å². The minimum atomic E-state index is -3.85. The predicted octanol–water partition coefficient (Wildman–Crippen LogP) is 3.90. The molecule has 0 aromatic heterocycles. The van der Waals surface area contributed by atoms with Crippen LogP contribution in [0.1, 0.15) is 31.2 Å². The second kappa shape index (κ2) is 5.87. The number of hydrogen-bond donors (Lipinski definition) is 2. The van der Waals surface area contributed by atoms with E-state index in [0.717, 1.165) is 6.42 Å². The van der Waals surface area contributed by atoms with Crippen molar-refractivity contribution in [1.29, 1.82) is 0 Å². The summed E-state index contributed by atoms with van der Waals surface area (Å²) in [4.78, 5) is 17.7. The number of rotatable bonds is 5. The van der Waals surface area contributed by atoms with Crippen LogP contribution < -0.4 is 0 Å². The summed E-state index contributed by atoms with van der Waals surface area (Å²) in [5.41, 5.74) is 1.23. The Balaban J connectivity index is 2.05. The summed E-state index contributed by atoms with van der Waals surface area (Å²) in [7, 11) is -3.85. The Morgan fingerprint density at radius 3 is 2.47 bits per heavy atom. The van der Waals surface area contributed by atoms with Crippen molar-refractivity contribution in [2.75, 3.05) is 6.16 Å². The van der Waals surface area contributed by atoms with Gasteiger partial charge in [-0.1, -0.05) is 49.4 Å². The van der Waals surface area contributed by atoms with Crippen LogP contribution in [-0.2, 0) is 4.57 Å². The van der Waals surface area contributed by atoms with Gasteiger partial charge in [-0.3, -0.25) is 4.57 Å². The van der Waals surface area contributed by atoms with Crippen LogP contribution in [0.15, 0.2) is 42.5 Å². The molecule has 1 atom stereocenters. The van der Waals surface area contributed by atoms with Gasteiger partial charge in [-0.05, 0) is 35.1 Å². The van der Waals surface area contributed by atoms with Crippen LogP contribution in [0.4, 0.5) is 0 Å². The fourth-order valence-electron chi connectivity index (χ4n) is 2.28. The molecule has 0 heterocycles. The maximum absolute atomic E-state index is 10.8. The summed E-state index contributed by atoms with van der Waals surface area (Å²) in [6, 6.07) is 14.6. The van der Waals surface area contributed by atoms with E-state index in [9.17, 15) is 4.57 Å². The zero-order valence-corrected chi connectivity index (χ0v) is 11.9. The van der Waals surface area contributed by atoms with Crippen LogP contribution in [0, 0.1) is 0 Å². The second-order valence-corrected chi connectivity index (χ2v) is 6.81. The van der Waals surface area contributed by atoms with Crippen molar-refractivity contribution in [2.45, 2.75) is 25.7 Å². The first kappa shape index (κ1) is 14.3. The van der Waals surface area contributed by atoms with Gasteiger partial charge in [0.15, 0.2) is 0 Å². The molecule has 0 spiro atoms. The number of benzene rings is 2. The first-order chi connectivity index (χ1) is 8.96. The zero-order valence-electron chi connectivity index (χ0n) is 11.0. The lowest BCUT2D eigenvalue weighted by Gasteiger charge is -2.13. The Labute approximate surface area is 113 Å². The number of hydrogen-bond acceptors (Lipinski definition) is 1. The summed E-state index contributed by atoms with van der Waals surface area (Å²) < 4.78 is 10.8. The van der Waals surface area contributed by atoms with Crippen molar-refractivity contribution in [3.63, 3.8) is 0 Å². The molecule has 19 heavy (non-hydrogen) atoms. The van der Waals surface area contributed by atoms with E-state index in [1.807, 2.05) is 12.1 Å². The molecule has 0 saturated heterocycles. The Morgan fingerprint density at radius 2 is 1.79 bits per heavy atom. The van der Waals surface area contributed by atoms with Crippen molar-refractivity contribution in [3.05, 3.63) is 48.0 Å². The maximum atomic E-state index is 10.8. The molecular weight excluding hydrogens is 259 g/mol. The predicted molar refractivity (Wildman–Crippen MR) is 78.5 cm³/mol. The molecule has 0 fully saturated rings. The zero-order chi connectivity index (χ0) is 13.9. The summed E-state index contributed by atoms with van der Waals surface area (Å²) in [6.07, 6.45) is 1.33. The molecule has 2 aromatic rings. The fraction of sp³-hybridized carbons (Fsp3) is 0.333. The summed E-state index contributed by atoms with van der Waals surface area (Å²) in [5.74, 6) is 0.316. The normalized spacial score (nSPS) is 13.6. The van der Waals surface area contributed by atoms with Crippen LogP contribution in [0.2, 0.25) is 0 Å². The maximum Gasteiger partial charge on any atom is 0.325 e. The van der Waals surface area contributed by atoms with Crippen LogP contribution in [0.3, 0.4) is 0 Å². The standard InChI is InChI=1S/C15H19O3P/c1-12(5-4-10-19(16,17)18)14-9-8-13-6-2-3-7-15(13)11-14/h2-3,6-9,11-12H,4-5,10H2,1H3,(H2,16,17,18). The average Bonchev–Trinajstić information content (AvgIpc) is 2.36. The molecule has 0 aliphatic heterocycles. The van der Waals surface area contributed by atoms with Crippen molar-refractivity contribution in [2.24, 2.45) is 0 Å². The van der Waals surface area contributed by atoms with E-state index in [1.165, 1.54) is 16.3 Å². The average molecular weight is 278 g/mol. The quantitative estimate of drug-likeness (QED) is 0.815. The van der Waals surface area contributed by atoms with Crippen LogP contribution in [-0.4, -0.2) is 15.9 Å². The lowest BCUT2D eigenvalue weighted by molar-refractivity contribution is 0.370. The lowest BCUT2D eigenvalue weighted by Crippen LogP contribution is -1.96. The highest BCUT2D eigenvalue weighted by atomic mass is 31.2. The first-order valence-electron chi connectivity index (χ1n) is 6.49. The molecule has 2 aromatic carbocycles. The minimum absolute atomic E-state index is 0.0229. The molecule has 2 N–H and O–H groups in total. The van der Waals surface area contributed by atoms with Crippen molar-refractivity contribution < 1.29 is 14.4 Å².